The average molecular weight is 271 g/mol. The molecule has 2 aromatic carbocycles. The first-order valence-corrected chi connectivity index (χ1v) is 6.75. The highest BCUT2D eigenvalue weighted by molar-refractivity contribution is 7.80. The van der Waals surface area contributed by atoms with Crippen molar-refractivity contribution in [3.05, 3.63) is 71.3 Å². The molecule has 0 saturated heterocycles. The van der Waals surface area contributed by atoms with E-state index in [-0.39, 0.29) is 0 Å². The molecule has 0 saturated carbocycles. The van der Waals surface area contributed by atoms with Gasteiger partial charge in [0.15, 0.2) is 0 Å². The highest BCUT2D eigenvalue weighted by Gasteiger charge is 2.15. The molecule has 2 N–H and O–H groups in total. The first-order chi connectivity index (χ1) is 9.24. The van der Waals surface area contributed by atoms with Crippen LogP contribution in [0.25, 0.3) is 0 Å². The van der Waals surface area contributed by atoms with E-state index >= 15 is 0 Å². The molecule has 0 radical (unpaired) electrons. The van der Waals surface area contributed by atoms with Crippen molar-refractivity contribution < 1.29 is 5.11 Å². The second-order valence-corrected chi connectivity index (χ2v) is 4.67. The summed E-state index contributed by atoms with van der Waals surface area (Å²) in [5, 5.41) is 13.6. The van der Waals surface area contributed by atoms with Gasteiger partial charge in [-0.2, -0.15) is 0 Å². The smallest absolute Gasteiger partial charge is 0.106 e. The van der Waals surface area contributed by atoms with Crippen LogP contribution in [0.5, 0.6) is 0 Å². The van der Waals surface area contributed by atoms with Crippen molar-refractivity contribution in [2.45, 2.75) is 13.0 Å². The van der Waals surface area contributed by atoms with Crippen LogP contribution < -0.4 is 5.32 Å². The van der Waals surface area contributed by atoms with Gasteiger partial charge in [0.2, 0.25) is 0 Å². The van der Waals surface area contributed by atoms with Gasteiger partial charge in [-0.25, -0.2) is 0 Å². The highest BCUT2D eigenvalue weighted by atomic mass is 32.1. The Morgan fingerprint density at radius 1 is 1.11 bits per heavy atom. The molecule has 0 aliphatic rings. The normalized spacial score (nSPS) is 11.9. The first-order valence-electron chi connectivity index (χ1n) is 6.34. The lowest BCUT2D eigenvalue weighted by Crippen LogP contribution is -2.23. The third-order valence-electron chi connectivity index (χ3n) is 2.95. The summed E-state index contributed by atoms with van der Waals surface area (Å²) >= 11 is 5.35. The molecule has 2 aromatic rings. The lowest BCUT2D eigenvalue weighted by Gasteiger charge is -2.17. The predicted octanol–water partition coefficient (Wildman–Crippen LogP) is 3.05. The van der Waals surface area contributed by atoms with Crippen LogP contribution in [0.4, 0.5) is 0 Å². The Morgan fingerprint density at radius 3 is 2.42 bits per heavy atom. The minimum absolute atomic E-state index is 0.658. The molecule has 1 unspecified atom stereocenters. The van der Waals surface area contributed by atoms with Crippen molar-refractivity contribution in [1.82, 2.24) is 5.32 Å². The van der Waals surface area contributed by atoms with Gasteiger partial charge in [0, 0.05) is 12.1 Å². The number of nitrogens with one attached hydrogen (secondary N) is 1. The van der Waals surface area contributed by atoms with E-state index in [1.807, 2.05) is 61.5 Å². The highest BCUT2D eigenvalue weighted by Crippen LogP contribution is 2.25. The molecule has 19 heavy (non-hydrogen) atoms. The Bertz CT molecular complexity index is 554. The van der Waals surface area contributed by atoms with Gasteiger partial charge < -0.3 is 10.4 Å². The van der Waals surface area contributed by atoms with Crippen molar-refractivity contribution in [3.63, 3.8) is 0 Å². The molecule has 2 nitrogen and oxygen atoms in total. The fraction of sp³-hybridized carbons (Fsp3) is 0.188. The Labute approximate surface area is 119 Å². The van der Waals surface area contributed by atoms with Crippen molar-refractivity contribution in [2.24, 2.45) is 0 Å². The van der Waals surface area contributed by atoms with E-state index in [0.29, 0.717) is 4.99 Å². The fourth-order valence-corrected chi connectivity index (χ4v) is 2.34. The molecule has 3 heteroatoms. The van der Waals surface area contributed by atoms with Gasteiger partial charge in [0.1, 0.15) is 11.1 Å². The number of aliphatic hydroxyl groups excluding tert-OH is 1. The predicted molar refractivity (Wildman–Crippen MR) is 82.3 cm³/mol. The van der Waals surface area contributed by atoms with Crippen LogP contribution in [0.2, 0.25) is 0 Å². The van der Waals surface area contributed by atoms with Crippen molar-refractivity contribution in [2.75, 3.05) is 6.54 Å². The van der Waals surface area contributed by atoms with Gasteiger partial charge in [0.05, 0.1) is 0 Å². The van der Waals surface area contributed by atoms with E-state index in [1.54, 1.807) is 0 Å². The van der Waals surface area contributed by atoms with Gasteiger partial charge in [-0.15, -0.1) is 0 Å². The van der Waals surface area contributed by atoms with Crippen LogP contribution in [-0.4, -0.2) is 16.6 Å². The number of hydrogen-bond acceptors (Lipinski definition) is 2. The second kappa shape index (κ2) is 6.45. The molecule has 2 rings (SSSR count). The van der Waals surface area contributed by atoms with Crippen LogP contribution in [0.1, 0.15) is 29.7 Å². The number of thiocarbonyl (C=S) groups is 1. The molecular formula is C16H17NOS. The van der Waals surface area contributed by atoms with E-state index in [0.717, 1.165) is 23.2 Å². The Hall–Kier alpha value is -1.71. The molecule has 0 aliphatic carbocycles. The van der Waals surface area contributed by atoms with Gasteiger partial charge in [-0.05, 0) is 18.1 Å². The molecule has 1 atom stereocenters. The molecular weight excluding hydrogens is 254 g/mol. The molecule has 0 aliphatic heterocycles. The minimum Gasteiger partial charge on any atom is -0.384 e. The quantitative estimate of drug-likeness (QED) is 0.838. The monoisotopic (exact) mass is 271 g/mol. The average Bonchev–Trinajstić information content (AvgIpc) is 2.47. The molecule has 0 amide bonds. The molecule has 98 valence electrons. The molecule has 0 fully saturated rings. The fourth-order valence-electron chi connectivity index (χ4n) is 2.01. The van der Waals surface area contributed by atoms with Crippen LogP contribution in [0, 0.1) is 0 Å². The first kappa shape index (κ1) is 13.7. The summed E-state index contributed by atoms with van der Waals surface area (Å²) in [4.78, 5) is 0.674. The number of aliphatic hydroxyl groups is 1. The van der Waals surface area contributed by atoms with Crippen LogP contribution >= 0.6 is 12.2 Å². The van der Waals surface area contributed by atoms with E-state index in [9.17, 15) is 5.11 Å². The van der Waals surface area contributed by atoms with Gasteiger partial charge >= 0.3 is 0 Å². The number of rotatable bonds is 4. The minimum atomic E-state index is -0.658. The lowest BCUT2D eigenvalue weighted by atomic mass is 9.97. The maximum absolute atomic E-state index is 10.5. The number of benzene rings is 2. The summed E-state index contributed by atoms with van der Waals surface area (Å²) < 4.78 is 0. The van der Waals surface area contributed by atoms with Gasteiger partial charge in [-0.3, -0.25) is 0 Å². The van der Waals surface area contributed by atoms with E-state index < -0.39 is 6.10 Å². The summed E-state index contributed by atoms with van der Waals surface area (Å²) in [6.07, 6.45) is -0.658. The van der Waals surface area contributed by atoms with Gasteiger partial charge in [-0.1, -0.05) is 66.8 Å². The van der Waals surface area contributed by atoms with Crippen LogP contribution in [0.15, 0.2) is 54.6 Å². The molecule has 0 bridgehead atoms. The molecule has 0 spiro atoms. The Balaban J connectivity index is 2.37. The summed E-state index contributed by atoms with van der Waals surface area (Å²) in [6.45, 7) is 2.77. The third-order valence-corrected chi connectivity index (χ3v) is 3.32. The lowest BCUT2D eigenvalue weighted by molar-refractivity contribution is 0.220. The zero-order chi connectivity index (χ0) is 13.7. The summed E-state index contributed by atoms with van der Waals surface area (Å²) in [6, 6.07) is 17.3. The molecule has 0 aromatic heterocycles. The molecule has 0 heterocycles. The standard InChI is InChI=1S/C16H17NOS/c1-2-17-16(19)14-11-7-6-10-13(14)15(18)12-8-4-3-5-9-12/h3-11,15,18H,2H2,1H3,(H,17,19). The van der Waals surface area contributed by atoms with E-state index in [2.05, 4.69) is 5.32 Å². The second-order valence-electron chi connectivity index (χ2n) is 4.26. The SMILES string of the molecule is CCNC(=S)c1ccccc1C(O)c1ccccc1. The van der Waals surface area contributed by atoms with Gasteiger partial charge in [0.25, 0.3) is 0 Å². The van der Waals surface area contributed by atoms with Crippen LogP contribution in [0.3, 0.4) is 0 Å². The summed E-state index contributed by atoms with van der Waals surface area (Å²) in [7, 11) is 0. The van der Waals surface area contributed by atoms with Crippen molar-refractivity contribution >= 4 is 17.2 Å². The van der Waals surface area contributed by atoms with Crippen LogP contribution in [-0.2, 0) is 0 Å². The summed E-state index contributed by atoms with van der Waals surface area (Å²) in [5.74, 6) is 0. The summed E-state index contributed by atoms with van der Waals surface area (Å²) in [5.41, 5.74) is 2.59. The maximum atomic E-state index is 10.5. The number of hydrogen-bond donors (Lipinski definition) is 2. The van der Waals surface area contributed by atoms with Crippen molar-refractivity contribution in [3.8, 4) is 0 Å². The topological polar surface area (TPSA) is 32.3 Å². The third kappa shape index (κ3) is 3.19. The Morgan fingerprint density at radius 2 is 1.74 bits per heavy atom. The maximum Gasteiger partial charge on any atom is 0.106 e. The van der Waals surface area contributed by atoms with Crippen molar-refractivity contribution in [1.29, 1.82) is 0 Å². The largest absolute Gasteiger partial charge is 0.384 e. The zero-order valence-electron chi connectivity index (χ0n) is 10.8. The van der Waals surface area contributed by atoms with E-state index in [1.165, 1.54) is 0 Å². The zero-order valence-corrected chi connectivity index (χ0v) is 11.7. The van der Waals surface area contributed by atoms with E-state index in [4.69, 9.17) is 12.2 Å². The Kier molecular flexibility index (Phi) is 4.66.